The van der Waals surface area contributed by atoms with Gasteiger partial charge in [-0.15, -0.1) is 0 Å². The summed E-state index contributed by atoms with van der Waals surface area (Å²) in [6.07, 6.45) is 2.56. The molecule has 6 heteroatoms. The van der Waals surface area contributed by atoms with E-state index in [9.17, 15) is 8.42 Å². The quantitative estimate of drug-likeness (QED) is 0.926. The molecule has 1 atom stereocenters. The molecule has 1 aromatic carbocycles. The van der Waals surface area contributed by atoms with Crippen molar-refractivity contribution in [2.24, 2.45) is 0 Å². The van der Waals surface area contributed by atoms with Crippen molar-refractivity contribution >= 4 is 20.9 Å². The van der Waals surface area contributed by atoms with Crippen molar-refractivity contribution in [2.75, 3.05) is 20.1 Å². The molecule has 3 rings (SSSR count). The Bertz CT molecular complexity index is 734. The molecule has 0 saturated carbocycles. The molecule has 0 spiro atoms. The van der Waals surface area contributed by atoms with E-state index in [1.165, 1.54) is 4.31 Å². The fourth-order valence-corrected chi connectivity index (χ4v) is 4.22. The van der Waals surface area contributed by atoms with Gasteiger partial charge in [0.1, 0.15) is 0 Å². The maximum Gasteiger partial charge on any atom is 0.218 e. The van der Waals surface area contributed by atoms with Gasteiger partial charge < -0.3 is 5.32 Å². The Kier molecular flexibility index (Phi) is 3.93. The summed E-state index contributed by atoms with van der Waals surface area (Å²) in [6.45, 7) is 1.60. The standard InChI is InChI=1S/C15H19N3O2S/c1-18(14-7-9-16-10-14)21(19,20)11-13-5-2-4-12-6-3-8-17-15(12)13/h2-6,8,14,16H,7,9-11H2,1H3. The van der Waals surface area contributed by atoms with Crippen LogP contribution in [0.25, 0.3) is 10.9 Å². The lowest BCUT2D eigenvalue weighted by atomic mass is 10.1. The molecule has 0 bridgehead atoms. The first-order chi connectivity index (χ1) is 10.1. The molecule has 21 heavy (non-hydrogen) atoms. The van der Waals surface area contributed by atoms with Crippen molar-refractivity contribution in [2.45, 2.75) is 18.2 Å². The number of hydrogen-bond donors (Lipinski definition) is 1. The van der Waals surface area contributed by atoms with E-state index in [4.69, 9.17) is 0 Å². The third-order valence-corrected chi connectivity index (χ3v) is 5.89. The topological polar surface area (TPSA) is 62.3 Å². The van der Waals surface area contributed by atoms with E-state index in [1.54, 1.807) is 13.2 Å². The molecule has 1 unspecified atom stereocenters. The van der Waals surface area contributed by atoms with Crippen LogP contribution in [-0.4, -0.2) is 43.9 Å². The van der Waals surface area contributed by atoms with Crippen molar-refractivity contribution in [1.29, 1.82) is 0 Å². The second kappa shape index (κ2) is 5.71. The van der Waals surface area contributed by atoms with Crippen LogP contribution in [0.1, 0.15) is 12.0 Å². The fraction of sp³-hybridized carbons (Fsp3) is 0.400. The Hall–Kier alpha value is -1.50. The summed E-state index contributed by atoms with van der Waals surface area (Å²) in [4.78, 5) is 4.33. The average Bonchev–Trinajstić information content (AvgIpc) is 3.00. The SMILES string of the molecule is CN(C1CCNC1)S(=O)(=O)Cc1cccc2cccnc12. The maximum absolute atomic E-state index is 12.6. The van der Waals surface area contributed by atoms with Crippen molar-refractivity contribution in [3.05, 3.63) is 42.1 Å². The van der Waals surface area contributed by atoms with Crippen LogP contribution in [0.3, 0.4) is 0 Å². The lowest BCUT2D eigenvalue weighted by molar-refractivity contribution is 0.387. The monoisotopic (exact) mass is 305 g/mol. The molecule has 1 aliphatic heterocycles. The summed E-state index contributed by atoms with van der Waals surface area (Å²) in [5.74, 6) is -0.00560. The van der Waals surface area contributed by atoms with E-state index in [-0.39, 0.29) is 11.8 Å². The van der Waals surface area contributed by atoms with Crippen LogP contribution < -0.4 is 5.32 Å². The van der Waals surface area contributed by atoms with Gasteiger partial charge in [0, 0.05) is 31.2 Å². The van der Waals surface area contributed by atoms with Gasteiger partial charge in [-0.3, -0.25) is 4.98 Å². The molecule has 0 aliphatic carbocycles. The van der Waals surface area contributed by atoms with Crippen LogP contribution in [0.15, 0.2) is 36.5 Å². The minimum Gasteiger partial charge on any atom is -0.315 e. The molecule has 0 amide bonds. The molecule has 1 aromatic heterocycles. The molecular formula is C15H19N3O2S. The van der Waals surface area contributed by atoms with Crippen LogP contribution >= 0.6 is 0 Å². The maximum atomic E-state index is 12.6. The molecule has 112 valence electrons. The summed E-state index contributed by atoms with van der Waals surface area (Å²) in [5, 5.41) is 4.17. The van der Waals surface area contributed by atoms with Gasteiger partial charge in [-0.05, 0) is 24.6 Å². The van der Waals surface area contributed by atoms with Gasteiger partial charge in [0.15, 0.2) is 0 Å². The third-order valence-electron chi connectivity index (χ3n) is 4.04. The van der Waals surface area contributed by atoms with E-state index in [1.807, 2.05) is 30.3 Å². The van der Waals surface area contributed by atoms with E-state index >= 15 is 0 Å². The second-order valence-electron chi connectivity index (χ2n) is 5.41. The van der Waals surface area contributed by atoms with Gasteiger partial charge in [-0.1, -0.05) is 24.3 Å². The number of hydrogen-bond acceptors (Lipinski definition) is 4. The van der Waals surface area contributed by atoms with E-state index in [0.717, 1.165) is 36.0 Å². The number of likely N-dealkylation sites (N-methyl/N-ethyl adjacent to an activating group) is 1. The largest absolute Gasteiger partial charge is 0.315 e. The van der Waals surface area contributed by atoms with Gasteiger partial charge in [-0.2, -0.15) is 0 Å². The number of nitrogens with zero attached hydrogens (tertiary/aromatic N) is 2. The first-order valence-corrected chi connectivity index (χ1v) is 8.68. The highest BCUT2D eigenvalue weighted by Gasteiger charge is 2.29. The summed E-state index contributed by atoms with van der Waals surface area (Å²) < 4.78 is 26.7. The lowest BCUT2D eigenvalue weighted by Gasteiger charge is -2.23. The Morgan fingerprint density at radius 1 is 1.33 bits per heavy atom. The second-order valence-corrected chi connectivity index (χ2v) is 7.44. The zero-order valence-electron chi connectivity index (χ0n) is 12.0. The Labute approximate surface area is 125 Å². The average molecular weight is 305 g/mol. The first kappa shape index (κ1) is 14.4. The molecule has 1 aliphatic rings. The summed E-state index contributed by atoms with van der Waals surface area (Å²) in [7, 11) is -1.66. The first-order valence-electron chi connectivity index (χ1n) is 7.07. The minimum atomic E-state index is -3.33. The van der Waals surface area contributed by atoms with E-state index in [2.05, 4.69) is 10.3 Å². The molecule has 0 radical (unpaired) electrons. The zero-order valence-corrected chi connectivity index (χ0v) is 12.8. The molecule has 2 heterocycles. The minimum absolute atomic E-state index is 0.00560. The molecule has 5 nitrogen and oxygen atoms in total. The van der Waals surface area contributed by atoms with Crippen LogP contribution in [0.5, 0.6) is 0 Å². The predicted octanol–water partition coefficient (Wildman–Crippen LogP) is 1.36. The van der Waals surface area contributed by atoms with E-state index < -0.39 is 10.0 Å². The van der Waals surface area contributed by atoms with Crippen LogP contribution in [0.4, 0.5) is 0 Å². The van der Waals surface area contributed by atoms with Gasteiger partial charge >= 0.3 is 0 Å². The number of nitrogens with one attached hydrogen (secondary N) is 1. The molecule has 1 saturated heterocycles. The summed E-state index contributed by atoms with van der Waals surface area (Å²) in [6, 6.07) is 9.53. The third kappa shape index (κ3) is 2.92. The highest BCUT2D eigenvalue weighted by Crippen LogP contribution is 2.21. The Morgan fingerprint density at radius 3 is 2.90 bits per heavy atom. The van der Waals surface area contributed by atoms with Crippen molar-refractivity contribution in [3.8, 4) is 0 Å². The number of para-hydroxylation sites is 1. The normalized spacial score (nSPS) is 19.4. The molecular weight excluding hydrogens is 286 g/mol. The Balaban J connectivity index is 1.90. The summed E-state index contributed by atoms with van der Waals surface area (Å²) in [5.41, 5.74) is 1.52. The van der Waals surface area contributed by atoms with Gasteiger partial charge in [-0.25, -0.2) is 12.7 Å². The number of aromatic nitrogens is 1. The number of fused-ring (bicyclic) bond motifs is 1. The molecule has 1 fully saturated rings. The van der Waals surface area contributed by atoms with Gasteiger partial charge in [0.05, 0.1) is 11.3 Å². The van der Waals surface area contributed by atoms with Gasteiger partial charge in [0.2, 0.25) is 10.0 Å². The summed E-state index contributed by atoms with van der Waals surface area (Å²) >= 11 is 0. The number of sulfonamides is 1. The van der Waals surface area contributed by atoms with Crippen LogP contribution in [0.2, 0.25) is 0 Å². The highest BCUT2D eigenvalue weighted by molar-refractivity contribution is 7.88. The van der Waals surface area contributed by atoms with Gasteiger partial charge in [0.25, 0.3) is 0 Å². The lowest BCUT2D eigenvalue weighted by Crippen LogP contribution is -2.39. The zero-order chi connectivity index (χ0) is 14.9. The van der Waals surface area contributed by atoms with Crippen LogP contribution in [-0.2, 0) is 15.8 Å². The highest BCUT2D eigenvalue weighted by atomic mass is 32.2. The Morgan fingerprint density at radius 2 is 2.14 bits per heavy atom. The van der Waals surface area contributed by atoms with Crippen molar-refractivity contribution < 1.29 is 8.42 Å². The van der Waals surface area contributed by atoms with E-state index in [0.29, 0.717) is 0 Å². The van der Waals surface area contributed by atoms with Crippen LogP contribution in [0, 0.1) is 0 Å². The smallest absolute Gasteiger partial charge is 0.218 e. The van der Waals surface area contributed by atoms with Crippen molar-refractivity contribution in [1.82, 2.24) is 14.6 Å². The van der Waals surface area contributed by atoms with Crippen molar-refractivity contribution in [3.63, 3.8) is 0 Å². The number of pyridine rings is 1. The number of rotatable bonds is 4. The molecule has 2 aromatic rings. The number of benzene rings is 1. The molecule has 1 N–H and O–H groups in total. The predicted molar refractivity (Wildman–Crippen MR) is 83.4 cm³/mol. The fourth-order valence-electron chi connectivity index (χ4n) is 2.76.